The molecular formula is C18H16F4N2O2. The molecule has 0 unspecified atom stereocenters. The van der Waals surface area contributed by atoms with E-state index in [9.17, 15) is 17.6 Å². The van der Waals surface area contributed by atoms with Crippen molar-refractivity contribution in [3.63, 3.8) is 0 Å². The molecule has 2 aliphatic heterocycles. The number of benzene rings is 2. The highest BCUT2D eigenvalue weighted by Gasteiger charge is 2.21. The van der Waals surface area contributed by atoms with Crippen molar-refractivity contribution < 1.29 is 27.0 Å². The van der Waals surface area contributed by atoms with Crippen LogP contribution in [0.5, 0.6) is 11.5 Å². The first-order chi connectivity index (χ1) is 12.4. The van der Waals surface area contributed by atoms with E-state index >= 15 is 0 Å². The van der Waals surface area contributed by atoms with E-state index in [-0.39, 0.29) is 24.1 Å². The molecule has 0 aromatic heterocycles. The summed E-state index contributed by atoms with van der Waals surface area (Å²) >= 11 is 0. The van der Waals surface area contributed by atoms with Crippen molar-refractivity contribution in [2.24, 2.45) is 4.99 Å². The van der Waals surface area contributed by atoms with Crippen LogP contribution in [0.3, 0.4) is 0 Å². The minimum Gasteiger partial charge on any atom is -0.486 e. The molecule has 0 spiro atoms. The summed E-state index contributed by atoms with van der Waals surface area (Å²) < 4.78 is 61.6. The van der Waals surface area contributed by atoms with Crippen LogP contribution in [0.4, 0.5) is 28.9 Å². The van der Waals surface area contributed by atoms with Gasteiger partial charge in [-0.1, -0.05) is 0 Å². The predicted octanol–water partition coefficient (Wildman–Crippen LogP) is 4.61. The normalized spacial score (nSPS) is 17.3. The quantitative estimate of drug-likeness (QED) is 0.691. The summed E-state index contributed by atoms with van der Waals surface area (Å²) in [5, 5.41) is 3.00. The van der Waals surface area contributed by atoms with Crippen LogP contribution >= 0.6 is 0 Å². The largest absolute Gasteiger partial charge is 0.486 e. The van der Waals surface area contributed by atoms with Gasteiger partial charge in [-0.2, -0.15) is 8.78 Å². The third-order valence-corrected chi connectivity index (χ3v) is 3.70. The molecule has 0 aliphatic carbocycles. The SMILES string of the molecule is CC1=Nc2ccc(F)c(F)c2OC1.C[C@H]1COc2c(ccc(F)c2F)N1. The highest BCUT2D eigenvalue weighted by molar-refractivity contribution is 5.88. The Morgan fingerprint density at radius 1 is 0.962 bits per heavy atom. The van der Waals surface area contributed by atoms with Crippen LogP contribution in [-0.2, 0) is 0 Å². The summed E-state index contributed by atoms with van der Waals surface area (Å²) in [6, 6.07) is 5.12. The van der Waals surface area contributed by atoms with Crippen molar-refractivity contribution in [2.75, 3.05) is 18.5 Å². The molecule has 2 aromatic rings. The Balaban J connectivity index is 0.000000151. The van der Waals surface area contributed by atoms with Gasteiger partial charge >= 0.3 is 0 Å². The molecule has 4 nitrogen and oxygen atoms in total. The summed E-state index contributed by atoms with van der Waals surface area (Å²) in [6.07, 6.45) is 0. The van der Waals surface area contributed by atoms with Crippen LogP contribution in [-0.4, -0.2) is 25.0 Å². The van der Waals surface area contributed by atoms with E-state index in [1.165, 1.54) is 12.1 Å². The molecule has 0 saturated heterocycles. The number of ether oxygens (including phenoxy) is 2. The number of anilines is 1. The summed E-state index contributed by atoms with van der Waals surface area (Å²) in [7, 11) is 0. The highest BCUT2D eigenvalue weighted by Crippen LogP contribution is 2.34. The van der Waals surface area contributed by atoms with Gasteiger partial charge in [0.1, 0.15) is 18.9 Å². The molecule has 4 rings (SSSR count). The standard InChI is InChI=1S/C9H9F2NO.C9H7F2NO/c2*1-5-4-13-9-7(12-5)3-2-6(10)8(9)11/h2-3,5,12H,4H2,1H3;2-3H,4H2,1H3/t5-;/m0./s1. The van der Waals surface area contributed by atoms with E-state index in [4.69, 9.17) is 9.47 Å². The van der Waals surface area contributed by atoms with E-state index in [2.05, 4.69) is 10.3 Å². The van der Waals surface area contributed by atoms with Gasteiger partial charge in [-0.3, -0.25) is 4.99 Å². The Morgan fingerprint density at radius 2 is 1.62 bits per heavy atom. The van der Waals surface area contributed by atoms with Crippen LogP contribution in [0.25, 0.3) is 0 Å². The third-order valence-electron chi connectivity index (χ3n) is 3.70. The van der Waals surface area contributed by atoms with Crippen molar-refractivity contribution in [1.29, 1.82) is 0 Å². The van der Waals surface area contributed by atoms with E-state index in [0.29, 0.717) is 18.0 Å². The van der Waals surface area contributed by atoms with Gasteiger partial charge in [0.2, 0.25) is 11.6 Å². The number of nitrogens with one attached hydrogen (secondary N) is 1. The minimum absolute atomic E-state index is 0.0156. The fraction of sp³-hybridized carbons (Fsp3) is 0.278. The first kappa shape index (κ1) is 18.0. The predicted molar refractivity (Wildman–Crippen MR) is 89.6 cm³/mol. The van der Waals surface area contributed by atoms with Crippen LogP contribution in [0.2, 0.25) is 0 Å². The zero-order chi connectivity index (χ0) is 18.8. The fourth-order valence-electron chi connectivity index (χ4n) is 2.46. The third kappa shape index (κ3) is 3.58. The van der Waals surface area contributed by atoms with Crippen LogP contribution < -0.4 is 14.8 Å². The van der Waals surface area contributed by atoms with E-state index in [1.54, 1.807) is 6.92 Å². The summed E-state index contributed by atoms with van der Waals surface area (Å²) in [4.78, 5) is 4.03. The fourth-order valence-corrected chi connectivity index (χ4v) is 2.46. The molecule has 2 heterocycles. The van der Waals surface area contributed by atoms with Gasteiger partial charge in [0, 0.05) is 0 Å². The Bertz CT molecular complexity index is 871. The number of nitrogens with zero attached hydrogens (tertiary/aromatic N) is 1. The van der Waals surface area contributed by atoms with Gasteiger partial charge < -0.3 is 14.8 Å². The molecule has 0 amide bonds. The zero-order valence-electron chi connectivity index (χ0n) is 14.1. The molecular weight excluding hydrogens is 352 g/mol. The second-order valence-electron chi connectivity index (χ2n) is 5.94. The molecule has 1 N–H and O–H groups in total. The monoisotopic (exact) mass is 368 g/mol. The molecule has 0 radical (unpaired) electrons. The number of fused-ring (bicyclic) bond motifs is 2. The Kier molecular flexibility index (Phi) is 5.01. The Morgan fingerprint density at radius 3 is 2.35 bits per heavy atom. The van der Waals surface area contributed by atoms with Crippen molar-refractivity contribution in [1.82, 2.24) is 0 Å². The first-order valence-electron chi connectivity index (χ1n) is 7.89. The highest BCUT2D eigenvalue weighted by atomic mass is 19.2. The van der Waals surface area contributed by atoms with Gasteiger partial charge in [-0.25, -0.2) is 8.78 Å². The molecule has 26 heavy (non-hydrogen) atoms. The molecule has 2 aliphatic rings. The molecule has 0 bridgehead atoms. The number of halogens is 4. The summed E-state index contributed by atoms with van der Waals surface area (Å²) in [5.41, 5.74) is 1.61. The van der Waals surface area contributed by atoms with Gasteiger partial charge in [-0.05, 0) is 38.1 Å². The van der Waals surface area contributed by atoms with Crippen molar-refractivity contribution in [2.45, 2.75) is 19.9 Å². The minimum atomic E-state index is -0.964. The molecule has 2 aromatic carbocycles. The molecule has 1 atom stereocenters. The maximum absolute atomic E-state index is 13.1. The van der Waals surface area contributed by atoms with Crippen molar-refractivity contribution >= 4 is 17.1 Å². The molecule has 8 heteroatoms. The van der Waals surface area contributed by atoms with E-state index in [1.807, 2.05) is 6.92 Å². The second kappa shape index (κ2) is 7.23. The van der Waals surface area contributed by atoms with E-state index in [0.717, 1.165) is 17.8 Å². The Hall–Kier alpha value is -2.77. The van der Waals surface area contributed by atoms with E-state index < -0.39 is 23.3 Å². The van der Waals surface area contributed by atoms with Crippen LogP contribution in [0.1, 0.15) is 13.8 Å². The van der Waals surface area contributed by atoms with Crippen LogP contribution in [0.15, 0.2) is 29.3 Å². The van der Waals surface area contributed by atoms with Crippen molar-refractivity contribution in [3.8, 4) is 11.5 Å². The number of hydrogen-bond acceptors (Lipinski definition) is 4. The topological polar surface area (TPSA) is 42.9 Å². The van der Waals surface area contributed by atoms with Crippen LogP contribution in [0, 0.1) is 23.3 Å². The average molecular weight is 368 g/mol. The summed E-state index contributed by atoms with van der Waals surface area (Å²) in [6.45, 7) is 4.25. The summed E-state index contributed by atoms with van der Waals surface area (Å²) in [5.74, 6) is -3.78. The lowest BCUT2D eigenvalue weighted by Crippen LogP contribution is -2.28. The maximum Gasteiger partial charge on any atom is 0.202 e. The first-order valence-corrected chi connectivity index (χ1v) is 7.89. The van der Waals surface area contributed by atoms with Gasteiger partial charge in [0.25, 0.3) is 0 Å². The lowest BCUT2D eigenvalue weighted by atomic mass is 10.2. The second-order valence-corrected chi connectivity index (χ2v) is 5.94. The molecule has 0 saturated carbocycles. The van der Waals surface area contributed by atoms with Crippen molar-refractivity contribution in [3.05, 3.63) is 47.5 Å². The number of hydrogen-bond donors (Lipinski definition) is 1. The average Bonchev–Trinajstić information content (AvgIpc) is 2.62. The molecule has 138 valence electrons. The number of aliphatic imine (C=N–C) groups is 1. The van der Waals surface area contributed by atoms with Gasteiger partial charge in [0.05, 0.1) is 17.4 Å². The van der Waals surface area contributed by atoms with Gasteiger partial charge in [0.15, 0.2) is 23.1 Å². The maximum atomic E-state index is 13.1. The zero-order valence-corrected chi connectivity index (χ0v) is 14.1. The lowest BCUT2D eigenvalue weighted by Gasteiger charge is -2.24. The lowest BCUT2D eigenvalue weighted by molar-refractivity contribution is 0.272. The smallest absolute Gasteiger partial charge is 0.202 e. The molecule has 0 fully saturated rings. The number of rotatable bonds is 0. The Labute approximate surface area is 147 Å². The van der Waals surface area contributed by atoms with Gasteiger partial charge in [-0.15, -0.1) is 0 Å².